The maximum atomic E-state index is 6.03. The van der Waals surface area contributed by atoms with Crippen LogP contribution < -0.4 is 5.43 Å². The summed E-state index contributed by atoms with van der Waals surface area (Å²) in [6.07, 6.45) is 1.67. The molecule has 0 radical (unpaired) electrons. The average molecular weight is 279 g/mol. The van der Waals surface area contributed by atoms with E-state index >= 15 is 0 Å². The van der Waals surface area contributed by atoms with Gasteiger partial charge in [0.1, 0.15) is 0 Å². The number of nitrogens with zero attached hydrogens (tertiary/aromatic N) is 1. The number of aryl methyl sites for hydroxylation is 1. The molecule has 4 heteroatoms. The molecule has 0 aliphatic carbocycles. The summed E-state index contributed by atoms with van der Waals surface area (Å²) in [5.74, 6) is 0. The van der Waals surface area contributed by atoms with Crippen molar-refractivity contribution in [3.05, 3.63) is 63.6 Å². The second-order valence-electron chi connectivity index (χ2n) is 3.90. The van der Waals surface area contributed by atoms with Crippen LogP contribution in [0.5, 0.6) is 0 Å². The van der Waals surface area contributed by atoms with E-state index in [4.69, 9.17) is 23.2 Å². The zero-order valence-electron chi connectivity index (χ0n) is 9.82. The molecular weight excluding hydrogens is 267 g/mol. The molecule has 2 nitrogen and oxygen atoms in total. The Morgan fingerprint density at radius 3 is 2.44 bits per heavy atom. The van der Waals surface area contributed by atoms with Crippen molar-refractivity contribution < 1.29 is 0 Å². The molecule has 0 atom stereocenters. The SMILES string of the molecule is Cc1ccc(N/N=C/c2ccc(Cl)cc2Cl)cc1. The molecular formula is C14H12Cl2N2. The van der Waals surface area contributed by atoms with Gasteiger partial charge in [-0.3, -0.25) is 5.43 Å². The normalized spacial score (nSPS) is 10.8. The summed E-state index contributed by atoms with van der Waals surface area (Å²) in [5.41, 5.74) is 5.91. The second kappa shape index (κ2) is 5.89. The Labute approximate surface area is 116 Å². The molecule has 0 saturated heterocycles. The highest BCUT2D eigenvalue weighted by Crippen LogP contribution is 2.19. The number of rotatable bonds is 3. The van der Waals surface area contributed by atoms with Gasteiger partial charge in [0.25, 0.3) is 0 Å². The molecule has 0 saturated carbocycles. The molecule has 0 spiro atoms. The van der Waals surface area contributed by atoms with Crippen LogP contribution >= 0.6 is 23.2 Å². The van der Waals surface area contributed by atoms with Crippen molar-refractivity contribution >= 4 is 35.1 Å². The van der Waals surface area contributed by atoms with Crippen LogP contribution in [0.2, 0.25) is 10.0 Å². The first-order valence-electron chi connectivity index (χ1n) is 5.46. The van der Waals surface area contributed by atoms with Crippen LogP contribution in [0.4, 0.5) is 5.69 Å². The number of nitrogens with one attached hydrogen (secondary N) is 1. The van der Waals surface area contributed by atoms with Gasteiger partial charge in [-0.1, -0.05) is 47.0 Å². The van der Waals surface area contributed by atoms with Crippen molar-refractivity contribution in [3.63, 3.8) is 0 Å². The minimum Gasteiger partial charge on any atom is -0.279 e. The number of hydrazone groups is 1. The fraction of sp³-hybridized carbons (Fsp3) is 0.0714. The van der Waals surface area contributed by atoms with Crippen molar-refractivity contribution in [1.82, 2.24) is 0 Å². The summed E-state index contributed by atoms with van der Waals surface area (Å²) in [4.78, 5) is 0. The van der Waals surface area contributed by atoms with Gasteiger partial charge in [0, 0.05) is 10.6 Å². The number of hydrogen-bond acceptors (Lipinski definition) is 2. The van der Waals surface area contributed by atoms with Crippen molar-refractivity contribution in [1.29, 1.82) is 0 Å². The molecule has 2 aromatic carbocycles. The molecule has 0 aromatic heterocycles. The lowest BCUT2D eigenvalue weighted by molar-refractivity contribution is 1.34. The summed E-state index contributed by atoms with van der Waals surface area (Å²) >= 11 is 11.8. The van der Waals surface area contributed by atoms with Gasteiger partial charge in [0.05, 0.1) is 16.9 Å². The molecule has 0 unspecified atom stereocenters. The first kappa shape index (κ1) is 12.9. The Kier molecular flexibility index (Phi) is 4.24. The quantitative estimate of drug-likeness (QED) is 0.636. The lowest BCUT2D eigenvalue weighted by atomic mass is 10.2. The molecule has 0 heterocycles. The third kappa shape index (κ3) is 3.49. The number of halogens is 2. The van der Waals surface area contributed by atoms with E-state index in [0.717, 1.165) is 11.3 Å². The largest absolute Gasteiger partial charge is 0.279 e. The van der Waals surface area contributed by atoms with Crippen LogP contribution in [-0.2, 0) is 0 Å². The van der Waals surface area contributed by atoms with E-state index in [2.05, 4.69) is 10.5 Å². The van der Waals surface area contributed by atoms with Gasteiger partial charge in [-0.15, -0.1) is 0 Å². The van der Waals surface area contributed by atoms with Crippen LogP contribution in [-0.4, -0.2) is 6.21 Å². The molecule has 92 valence electrons. The summed E-state index contributed by atoms with van der Waals surface area (Å²) in [6, 6.07) is 13.3. The first-order chi connectivity index (χ1) is 8.65. The number of hydrogen-bond donors (Lipinski definition) is 1. The number of anilines is 1. The predicted octanol–water partition coefficient (Wildman–Crippen LogP) is 4.75. The van der Waals surface area contributed by atoms with Crippen molar-refractivity contribution in [2.45, 2.75) is 6.92 Å². The van der Waals surface area contributed by atoms with Crippen molar-refractivity contribution in [2.75, 3.05) is 5.43 Å². The summed E-state index contributed by atoms with van der Waals surface area (Å²) in [5, 5.41) is 5.32. The fourth-order valence-corrected chi connectivity index (χ4v) is 1.87. The van der Waals surface area contributed by atoms with E-state index < -0.39 is 0 Å². The van der Waals surface area contributed by atoms with Gasteiger partial charge in [0.2, 0.25) is 0 Å². The lowest BCUT2D eigenvalue weighted by Crippen LogP contribution is -1.91. The minimum atomic E-state index is 0.581. The minimum absolute atomic E-state index is 0.581. The summed E-state index contributed by atoms with van der Waals surface area (Å²) in [6.45, 7) is 2.04. The Morgan fingerprint density at radius 2 is 1.78 bits per heavy atom. The third-order valence-corrected chi connectivity index (χ3v) is 2.97. The van der Waals surface area contributed by atoms with Gasteiger partial charge in [-0.25, -0.2) is 0 Å². The van der Waals surface area contributed by atoms with Crippen LogP contribution in [0, 0.1) is 6.92 Å². The lowest BCUT2D eigenvalue weighted by Gasteiger charge is -2.01. The van der Waals surface area contributed by atoms with E-state index in [1.54, 1.807) is 18.3 Å². The summed E-state index contributed by atoms with van der Waals surface area (Å²) in [7, 11) is 0. The number of benzene rings is 2. The highest BCUT2D eigenvalue weighted by molar-refractivity contribution is 6.36. The average Bonchev–Trinajstić information content (AvgIpc) is 2.34. The monoisotopic (exact) mass is 278 g/mol. The highest BCUT2D eigenvalue weighted by Gasteiger charge is 1.97. The molecule has 0 aliphatic heterocycles. The molecule has 0 amide bonds. The molecule has 1 N–H and O–H groups in total. The van der Waals surface area contributed by atoms with E-state index in [1.807, 2.05) is 37.3 Å². The van der Waals surface area contributed by atoms with E-state index in [-0.39, 0.29) is 0 Å². The summed E-state index contributed by atoms with van der Waals surface area (Å²) < 4.78 is 0. The Hall–Kier alpha value is -1.51. The van der Waals surface area contributed by atoms with E-state index in [0.29, 0.717) is 10.0 Å². The van der Waals surface area contributed by atoms with E-state index in [1.165, 1.54) is 5.56 Å². The second-order valence-corrected chi connectivity index (χ2v) is 4.75. The fourth-order valence-electron chi connectivity index (χ4n) is 1.41. The van der Waals surface area contributed by atoms with Crippen LogP contribution in [0.3, 0.4) is 0 Å². The highest BCUT2D eigenvalue weighted by atomic mass is 35.5. The first-order valence-corrected chi connectivity index (χ1v) is 6.21. The smallest absolute Gasteiger partial charge is 0.0561 e. The Bertz CT molecular complexity index is 563. The van der Waals surface area contributed by atoms with Gasteiger partial charge >= 0.3 is 0 Å². The van der Waals surface area contributed by atoms with E-state index in [9.17, 15) is 0 Å². The van der Waals surface area contributed by atoms with Gasteiger partial charge in [-0.2, -0.15) is 5.10 Å². The Morgan fingerprint density at radius 1 is 1.06 bits per heavy atom. The van der Waals surface area contributed by atoms with Crippen LogP contribution in [0.1, 0.15) is 11.1 Å². The van der Waals surface area contributed by atoms with Crippen molar-refractivity contribution in [3.8, 4) is 0 Å². The Balaban J connectivity index is 2.05. The molecule has 2 rings (SSSR count). The molecule has 0 bridgehead atoms. The zero-order valence-corrected chi connectivity index (χ0v) is 11.3. The van der Waals surface area contributed by atoms with Crippen LogP contribution in [0.15, 0.2) is 47.6 Å². The van der Waals surface area contributed by atoms with Gasteiger partial charge in [0.15, 0.2) is 0 Å². The van der Waals surface area contributed by atoms with Gasteiger partial charge < -0.3 is 0 Å². The molecule has 0 aliphatic rings. The maximum absolute atomic E-state index is 6.03. The zero-order chi connectivity index (χ0) is 13.0. The van der Waals surface area contributed by atoms with Crippen LogP contribution in [0.25, 0.3) is 0 Å². The topological polar surface area (TPSA) is 24.4 Å². The molecule has 0 fully saturated rings. The standard InChI is InChI=1S/C14H12Cl2N2/c1-10-2-6-13(7-3-10)18-17-9-11-4-5-12(15)8-14(11)16/h2-9,18H,1H3/b17-9+. The van der Waals surface area contributed by atoms with Crippen molar-refractivity contribution in [2.24, 2.45) is 5.10 Å². The third-order valence-electron chi connectivity index (χ3n) is 2.41. The van der Waals surface area contributed by atoms with Gasteiger partial charge in [-0.05, 0) is 31.2 Å². The maximum Gasteiger partial charge on any atom is 0.0561 e. The predicted molar refractivity (Wildman–Crippen MR) is 78.9 cm³/mol. The molecule has 2 aromatic rings. The molecule has 18 heavy (non-hydrogen) atoms.